The van der Waals surface area contributed by atoms with E-state index in [1.807, 2.05) is 39.0 Å². The molecule has 0 spiro atoms. The zero-order valence-corrected chi connectivity index (χ0v) is 14.8. The topological polar surface area (TPSA) is 51.2 Å². The monoisotopic (exact) mass is 324 g/mol. The highest BCUT2D eigenvalue weighted by atomic mass is 16.5. The number of carbonyl (C=O) groups excluding carboxylic acids is 1. The maximum atomic E-state index is 12.9. The van der Waals surface area contributed by atoms with Crippen molar-refractivity contribution in [2.75, 3.05) is 11.9 Å². The van der Waals surface area contributed by atoms with Crippen molar-refractivity contribution in [3.63, 3.8) is 0 Å². The summed E-state index contributed by atoms with van der Waals surface area (Å²) >= 11 is 0. The summed E-state index contributed by atoms with van der Waals surface area (Å²) in [4.78, 5) is 17.3. The highest BCUT2D eigenvalue weighted by Crippen LogP contribution is 2.26. The van der Waals surface area contributed by atoms with Gasteiger partial charge in [-0.2, -0.15) is 0 Å². The number of para-hydroxylation sites is 1. The Hall–Kier alpha value is -2.62. The Kier molecular flexibility index (Phi) is 5.74. The van der Waals surface area contributed by atoms with Crippen molar-refractivity contribution in [3.8, 4) is 5.75 Å². The fourth-order valence-corrected chi connectivity index (χ4v) is 2.71. The van der Waals surface area contributed by atoms with Crippen LogP contribution in [0.4, 0.5) is 5.69 Å². The molecule has 2 rings (SSSR count). The fourth-order valence-electron chi connectivity index (χ4n) is 2.71. The van der Waals surface area contributed by atoms with Gasteiger partial charge in [-0.3, -0.25) is 9.78 Å². The normalized spacial score (nSPS) is 10.3. The molecule has 126 valence electrons. The van der Waals surface area contributed by atoms with Crippen molar-refractivity contribution >= 4 is 11.6 Å². The summed E-state index contributed by atoms with van der Waals surface area (Å²) in [6.45, 7) is 11.8. The van der Waals surface area contributed by atoms with E-state index in [0.717, 1.165) is 28.9 Å². The number of rotatable bonds is 6. The lowest BCUT2D eigenvalue weighted by Crippen LogP contribution is -2.18. The number of ether oxygens (including phenoxy) is 1. The number of aryl methyl sites for hydroxylation is 4. The SMILES string of the molecule is C=CCOc1cc(C)nc(C)c1C(=O)Nc1c(C)cccc1CC. The second kappa shape index (κ2) is 7.77. The molecular weight excluding hydrogens is 300 g/mol. The lowest BCUT2D eigenvalue weighted by molar-refractivity contribution is 0.102. The molecule has 0 fully saturated rings. The smallest absolute Gasteiger partial charge is 0.261 e. The van der Waals surface area contributed by atoms with Gasteiger partial charge >= 0.3 is 0 Å². The highest BCUT2D eigenvalue weighted by Gasteiger charge is 2.19. The van der Waals surface area contributed by atoms with Crippen LogP contribution < -0.4 is 10.1 Å². The van der Waals surface area contributed by atoms with Gasteiger partial charge in [-0.25, -0.2) is 0 Å². The van der Waals surface area contributed by atoms with E-state index < -0.39 is 0 Å². The third-order valence-electron chi connectivity index (χ3n) is 3.85. The molecule has 1 heterocycles. The second-order valence-electron chi connectivity index (χ2n) is 5.74. The quantitative estimate of drug-likeness (QED) is 0.802. The van der Waals surface area contributed by atoms with Gasteiger partial charge in [0.25, 0.3) is 5.91 Å². The Balaban J connectivity index is 2.42. The summed E-state index contributed by atoms with van der Waals surface area (Å²) in [5, 5.41) is 3.04. The van der Waals surface area contributed by atoms with E-state index in [9.17, 15) is 4.79 Å². The summed E-state index contributed by atoms with van der Waals surface area (Å²) in [5.74, 6) is 0.326. The molecule has 0 saturated carbocycles. The number of nitrogens with zero attached hydrogens (tertiary/aromatic N) is 1. The van der Waals surface area contributed by atoms with Crippen LogP contribution in [0.15, 0.2) is 36.9 Å². The second-order valence-corrected chi connectivity index (χ2v) is 5.74. The van der Waals surface area contributed by atoms with Gasteiger partial charge in [0, 0.05) is 17.4 Å². The molecule has 0 radical (unpaired) electrons. The number of amides is 1. The van der Waals surface area contributed by atoms with E-state index in [1.165, 1.54) is 0 Å². The summed E-state index contributed by atoms with van der Waals surface area (Å²) in [5.41, 5.74) is 4.93. The van der Waals surface area contributed by atoms with Crippen molar-refractivity contribution in [2.45, 2.75) is 34.1 Å². The molecule has 0 aliphatic rings. The first-order valence-corrected chi connectivity index (χ1v) is 8.09. The summed E-state index contributed by atoms with van der Waals surface area (Å²) in [7, 11) is 0. The van der Waals surface area contributed by atoms with Gasteiger partial charge in [0.2, 0.25) is 0 Å². The average Bonchev–Trinajstić information content (AvgIpc) is 2.54. The number of hydrogen-bond acceptors (Lipinski definition) is 3. The molecule has 0 aliphatic heterocycles. The van der Waals surface area contributed by atoms with Gasteiger partial charge in [-0.05, 0) is 38.3 Å². The molecule has 24 heavy (non-hydrogen) atoms. The van der Waals surface area contributed by atoms with Gasteiger partial charge in [-0.15, -0.1) is 0 Å². The first-order valence-electron chi connectivity index (χ1n) is 8.09. The number of hydrogen-bond donors (Lipinski definition) is 1. The van der Waals surface area contributed by atoms with Crippen LogP contribution in [0.25, 0.3) is 0 Å². The van der Waals surface area contributed by atoms with Gasteiger partial charge in [-0.1, -0.05) is 37.8 Å². The number of carbonyl (C=O) groups is 1. The van der Waals surface area contributed by atoms with Crippen LogP contribution in [0.2, 0.25) is 0 Å². The Bertz CT molecular complexity index is 766. The lowest BCUT2D eigenvalue weighted by atomic mass is 10.0. The summed E-state index contributed by atoms with van der Waals surface area (Å²) in [6.07, 6.45) is 2.51. The molecule has 4 heteroatoms. The Morgan fingerprint density at radius 3 is 2.75 bits per heavy atom. The Labute approximate surface area is 143 Å². The minimum atomic E-state index is -0.205. The summed E-state index contributed by atoms with van der Waals surface area (Å²) < 4.78 is 5.67. The first kappa shape index (κ1) is 17.7. The number of benzene rings is 1. The molecule has 2 aromatic rings. The minimum Gasteiger partial charge on any atom is -0.489 e. The van der Waals surface area contributed by atoms with Crippen molar-refractivity contribution in [1.29, 1.82) is 0 Å². The van der Waals surface area contributed by atoms with Gasteiger partial charge < -0.3 is 10.1 Å². The highest BCUT2D eigenvalue weighted by molar-refractivity contribution is 6.07. The molecule has 0 aliphatic carbocycles. The molecule has 4 nitrogen and oxygen atoms in total. The third kappa shape index (κ3) is 3.82. The molecule has 0 unspecified atom stereocenters. The number of aromatic nitrogens is 1. The fraction of sp³-hybridized carbons (Fsp3) is 0.300. The average molecular weight is 324 g/mol. The van der Waals surface area contributed by atoms with Crippen LogP contribution in [0.1, 0.15) is 39.8 Å². The standard InChI is InChI=1S/C20H24N2O2/c1-6-11-24-17-12-14(4)21-15(5)18(17)20(23)22-19-13(3)9-8-10-16(19)7-2/h6,8-10,12H,1,7,11H2,2-5H3,(H,22,23). The van der Waals surface area contributed by atoms with E-state index in [4.69, 9.17) is 4.74 Å². The van der Waals surface area contributed by atoms with Crippen LogP contribution in [0.5, 0.6) is 5.75 Å². The number of nitrogens with one attached hydrogen (secondary N) is 1. The molecule has 1 amide bonds. The summed E-state index contributed by atoms with van der Waals surface area (Å²) in [6, 6.07) is 7.80. The minimum absolute atomic E-state index is 0.205. The maximum absolute atomic E-state index is 12.9. The van der Waals surface area contributed by atoms with E-state index in [2.05, 4.69) is 23.8 Å². The van der Waals surface area contributed by atoms with Gasteiger partial charge in [0.05, 0.1) is 5.69 Å². The number of pyridine rings is 1. The first-order chi connectivity index (χ1) is 11.5. The molecule has 1 N–H and O–H groups in total. The predicted octanol–water partition coefficient (Wildman–Crippen LogP) is 4.39. The van der Waals surface area contributed by atoms with Crippen LogP contribution >= 0.6 is 0 Å². The van der Waals surface area contributed by atoms with Crippen LogP contribution in [-0.2, 0) is 6.42 Å². The number of anilines is 1. The predicted molar refractivity (Wildman–Crippen MR) is 97.9 cm³/mol. The molecule has 0 atom stereocenters. The van der Waals surface area contributed by atoms with Crippen LogP contribution in [0, 0.1) is 20.8 Å². The van der Waals surface area contributed by atoms with Crippen LogP contribution in [-0.4, -0.2) is 17.5 Å². The largest absolute Gasteiger partial charge is 0.489 e. The maximum Gasteiger partial charge on any atom is 0.261 e. The van der Waals surface area contributed by atoms with Gasteiger partial charge in [0.15, 0.2) is 0 Å². The Morgan fingerprint density at radius 1 is 1.33 bits per heavy atom. The molecule has 1 aromatic carbocycles. The van der Waals surface area contributed by atoms with Gasteiger partial charge in [0.1, 0.15) is 17.9 Å². The van der Waals surface area contributed by atoms with Crippen molar-refractivity contribution in [2.24, 2.45) is 0 Å². The molecule has 1 aromatic heterocycles. The molecule has 0 saturated heterocycles. The van der Waals surface area contributed by atoms with Crippen molar-refractivity contribution in [3.05, 3.63) is 65.0 Å². The third-order valence-corrected chi connectivity index (χ3v) is 3.85. The van der Waals surface area contributed by atoms with Crippen LogP contribution in [0.3, 0.4) is 0 Å². The van der Waals surface area contributed by atoms with Crippen molar-refractivity contribution in [1.82, 2.24) is 4.98 Å². The van der Waals surface area contributed by atoms with E-state index in [1.54, 1.807) is 12.1 Å². The zero-order chi connectivity index (χ0) is 17.7. The lowest BCUT2D eigenvalue weighted by Gasteiger charge is -2.16. The van der Waals surface area contributed by atoms with Crippen molar-refractivity contribution < 1.29 is 9.53 Å². The Morgan fingerprint density at radius 2 is 2.08 bits per heavy atom. The zero-order valence-electron chi connectivity index (χ0n) is 14.8. The van der Waals surface area contributed by atoms with E-state index in [0.29, 0.717) is 23.6 Å². The molecular formula is C20H24N2O2. The van der Waals surface area contributed by atoms with E-state index in [-0.39, 0.29) is 5.91 Å². The van der Waals surface area contributed by atoms with E-state index >= 15 is 0 Å². The molecule has 0 bridgehead atoms.